The quantitative estimate of drug-likeness (QED) is 0.207. The molecule has 0 aliphatic heterocycles. The molecule has 6 heteroatoms. The van der Waals surface area contributed by atoms with Crippen LogP contribution in [-0.4, -0.2) is 25.1 Å². The normalized spacial score (nSPS) is 12.2. The zero-order chi connectivity index (χ0) is 25.5. The van der Waals surface area contributed by atoms with Crippen LogP contribution in [-0.2, 0) is 9.53 Å². The zero-order valence-corrected chi connectivity index (χ0v) is 20.3. The highest BCUT2D eigenvalue weighted by molar-refractivity contribution is 6.17. The number of rotatable bonds is 5. The van der Waals surface area contributed by atoms with Gasteiger partial charge in [0, 0.05) is 16.8 Å². The Hall–Kier alpha value is -4.84. The van der Waals surface area contributed by atoms with Gasteiger partial charge in [-0.15, -0.1) is 0 Å². The van der Waals surface area contributed by atoms with E-state index in [0.29, 0.717) is 22.6 Å². The molecule has 1 heterocycles. The third-order valence-corrected chi connectivity index (χ3v) is 6.59. The fourth-order valence-electron chi connectivity index (χ4n) is 4.76. The van der Waals surface area contributed by atoms with Crippen molar-refractivity contribution >= 4 is 61.0 Å². The van der Waals surface area contributed by atoms with Crippen molar-refractivity contribution < 1.29 is 23.5 Å². The minimum atomic E-state index is -1.05. The number of amides is 1. The minimum Gasteiger partial charge on any atom is -0.495 e. The number of carbonyl (C=O) groups excluding carboxylic acids is 2. The molecule has 6 nitrogen and oxygen atoms in total. The zero-order valence-electron chi connectivity index (χ0n) is 20.3. The minimum absolute atomic E-state index is 0.428. The van der Waals surface area contributed by atoms with E-state index >= 15 is 0 Å². The summed E-state index contributed by atoms with van der Waals surface area (Å²) in [5.41, 5.74) is 2.23. The predicted octanol–water partition coefficient (Wildman–Crippen LogP) is 7.09. The number of furan rings is 1. The summed E-state index contributed by atoms with van der Waals surface area (Å²) in [4.78, 5) is 26.5. The van der Waals surface area contributed by atoms with Crippen LogP contribution >= 0.6 is 0 Å². The third-order valence-electron chi connectivity index (χ3n) is 6.59. The molecule has 0 radical (unpaired) electrons. The Balaban J connectivity index is 1.30. The number of carbonyl (C=O) groups is 2. The molecule has 1 N–H and O–H groups in total. The largest absolute Gasteiger partial charge is 0.495 e. The number of fused-ring (bicyclic) bond motifs is 5. The molecule has 0 saturated carbocycles. The summed E-state index contributed by atoms with van der Waals surface area (Å²) in [6.07, 6.45) is -1.05. The highest BCUT2D eigenvalue weighted by Gasteiger charge is 2.24. The Labute approximate surface area is 212 Å². The molecule has 1 atom stereocenters. The average molecular weight is 490 g/mol. The van der Waals surface area contributed by atoms with E-state index in [2.05, 4.69) is 5.32 Å². The average Bonchev–Trinajstić information content (AvgIpc) is 3.28. The second-order valence-corrected chi connectivity index (χ2v) is 8.88. The molecule has 0 fully saturated rings. The van der Waals surface area contributed by atoms with E-state index in [-0.39, 0.29) is 0 Å². The number of benzene rings is 5. The predicted molar refractivity (Wildman–Crippen MR) is 145 cm³/mol. The fourth-order valence-corrected chi connectivity index (χ4v) is 4.76. The van der Waals surface area contributed by atoms with Crippen molar-refractivity contribution in [2.45, 2.75) is 13.0 Å². The number of esters is 1. The number of methoxy groups -OCH3 is 1. The Morgan fingerprint density at radius 3 is 2.05 bits per heavy atom. The van der Waals surface area contributed by atoms with Gasteiger partial charge in [-0.1, -0.05) is 66.7 Å². The maximum absolute atomic E-state index is 13.4. The van der Waals surface area contributed by atoms with Gasteiger partial charge in [-0.2, -0.15) is 0 Å². The van der Waals surface area contributed by atoms with Crippen molar-refractivity contribution in [3.05, 3.63) is 96.6 Å². The van der Waals surface area contributed by atoms with E-state index in [1.807, 2.05) is 84.9 Å². The molecule has 6 rings (SSSR count). The Kier molecular flexibility index (Phi) is 5.49. The Morgan fingerprint density at radius 1 is 0.757 bits per heavy atom. The van der Waals surface area contributed by atoms with E-state index in [0.717, 1.165) is 37.9 Å². The van der Waals surface area contributed by atoms with Crippen molar-refractivity contribution in [3.8, 4) is 5.75 Å². The number of para-hydroxylation sites is 1. The van der Waals surface area contributed by atoms with Gasteiger partial charge in [0.15, 0.2) is 6.10 Å². The molecule has 0 aliphatic rings. The second kappa shape index (κ2) is 8.99. The summed E-state index contributed by atoms with van der Waals surface area (Å²) in [5, 5.41) is 8.06. The van der Waals surface area contributed by atoms with Crippen molar-refractivity contribution in [1.82, 2.24) is 0 Å². The first-order valence-corrected chi connectivity index (χ1v) is 11.9. The van der Waals surface area contributed by atoms with Crippen LogP contribution in [0.1, 0.15) is 17.3 Å². The van der Waals surface area contributed by atoms with Gasteiger partial charge in [0.1, 0.15) is 16.9 Å². The highest BCUT2D eigenvalue weighted by Crippen LogP contribution is 2.36. The number of ether oxygens (including phenoxy) is 2. The lowest BCUT2D eigenvalue weighted by atomic mass is 9.97. The summed E-state index contributed by atoms with van der Waals surface area (Å²) in [6.45, 7) is 1.55. The first-order valence-electron chi connectivity index (χ1n) is 11.9. The molecule has 182 valence electrons. The Morgan fingerprint density at radius 2 is 1.38 bits per heavy atom. The standard InChI is InChI=1S/C31H23NO5/c1-18(36-31(34)29-21-11-5-3-9-19(21)15-20-10-4-6-12-22(20)29)30(33)32-25-17-27-24(16-28(25)35-2)23-13-7-8-14-26(23)37-27/h3-18H,1-2H3,(H,32,33). The lowest BCUT2D eigenvalue weighted by Crippen LogP contribution is -2.30. The SMILES string of the molecule is COc1cc2c(cc1NC(=O)C(C)OC(=O)c1c3ccccc3cc3ccccc13)oc1ccccc12. The number of nitrogens with one attached hydrogen (secondary N) is 1. The van der Waals surface area contributed by atoms with Gasteiger partial charge in [0.2, 0.25) is 0 Å². The molecule has 0 saturated heterocycles. The topological polar surface area (TPSA) is 77.8 Å². The highest BCUT2D eigenvalue weighted by atomic mass is 16.5. The van der Waals surface area contributed by atoms with Crippen LogP contribution in [0.4, 0.5) is 5.69 Å². The summed E-state index contributed by atoms with van der Waals surface area (Å²) in [6, 6.07) is 28.6. The van der Waals surface area contributed by atoms with Gasteiger partial charge in [0.05, 0.1) is 18.4 Å². The van der Waals surface area contributed by atoms with Crippen LogP contribution in [0.5, 0.6) is 5.75 Å². The first-order chi connectivity index (χ1) is 18.0. The number of hydrogen-bond donors (Lipinski definition) is 1. The van der Waals surface area contributed by atoms with E-state index in [1.165, 1.54) is 7.11 Å². The summed E-state index contributed by atoms with van der Waals surface area (Å²) >= 11 is 0. The molecule has 37 heavy (non-hydrogen) atoms. The molecule has 5 aromatic carbocycles. The van der Waals surface area contributed by atoms with E-state index in [4.69, 9.17) is 13.9 Å². The third kappa shape index (κ3) is 3.93. The van der Waals surface area contributed by atoms with Crippen molar-refractivity contribution in [1.29, 1.82) is 0 Å². The molecular formula is C31H23NO5. The van der Waals surface area contributed by atoms with Crippen LogP contribution in [0.2, 0.25) is 0 Å². The molecule has 0 bridgehead atoms. The maximum Gasteiger partial charge on any atom is 0.340 e. The molecule has 1 unspecified atom stereocenters. The monoisotopic (exact) mass is 489 g/mol. The van der Waals surface area contributed by atoms with Gasteiger partial charge in [-0.25, -0.2) is 4.79 Å². The van der Waals surface area contributed by atoms with Gasteiger partial charge in [-0.05, 0) is 46.7 Å². The summed E-state index contributed by atoms with van der Waals surface area (Å²) < 4.78 is 17.2. The molecule has 1 aromatic heterocycles. The van der Waals surface area contributed by atoms with E-state index < -0.39 is 18.0 Å². The van der Waals surface area contributed by atoms with E-state index in [1.54, 1.807) is 13.0 Å². The number of hydrogen-bond acceptors (Lipinski definition) is 5. The molecule has 6 aromatic rings. The van der Waals surface area contributed by atoms with Crippen molar-refractivity contribution in [3.63, 3.8) is 0 Å². The van der Waals surface area contributed by atoms with Crippen LogP contribution in [0.3, 0.4) is 0 Å². The second-order valence-electron chi connectivity index (χ2n) is 8.88. The number of anilines is 1. The lowest BCUT2D eigenvalue weighted by molar-refractivity contribution is -0.123. The smallest absolute Gasteiger partial charge is 0.340 e. The molecule has 1 amide bonds. The van der Waals surface area contributed by atoms with E-state index in [9.17, 15) is 9.59 Å². The molecular weight excluding hydrogens is 466 g/mol. The Bertz CT molecular complexity index is 1780. The van der Waals surface area contributed by atoms with Crippen LogP contribution in [0.15, 0.2) is 95.4 Å². The summed E-state index contributed by atoms with van der Waals surface area (Å²) in [7, 11) is 1.54. The fraction of sp³-hybridized carbons (Fsp3) is 0.0968. The van der Waals surface area contributed by atoms with Crippen molar-refractivity contribution in [2.24, 2.45) is 0 Å². The van der Waals surface area contributed by atoms with Gasteiger partial charge in [0.25, 0.3) is 5.91 Å². The van der Waals surface area contributed by atoms with Gasteiger partial charge >= 0.3 is 5.97 Å². The summed E-state index contributed by atoms with van der Waals surface area (Å²) in [5.74, 6) is -0.562. The lowest BCUT2D eigenvalue weighted by Gasteiger charge is -2.17. The van der Waals surface area contributed by atoms with Crippen LogP contribution < -0.4 is 10.1 Å². The van der Waals surface area contributed by atoms with Gasteiger partial charge < -0.3 is 19.2 Å². The maximum atomic E-state index is 13.4. The molecule has 0 spiro atoms. The first kappa shape index (κ1) is 22.6. The van der Waals surface area contributed by atoms with Gasteiger partial charge in [-0.3, -0.25) is 4.79 Å². The van der Waals surface area contributed by atoms with Crippen LogP contribution in [0.25, 0.3) is 43.5 Å². The van der Waals surface area contributed by atoms with Crippen molar-refractivity contribution in [2.75, 3.05) is 12.4 Å². The molecule has 0 aliphatic carbocycles. The van der Waals surface area contributed by atoms with Crippen LogP contribution in [0, 0.1) is 0 Å².